The maximum Gasteiger partial charge on any atom is 0.335 e. The van der Waals surface area contributed by atoms with E-state index in [4.69, 9.17) is 40.6 Å². The highest BCUT2D eigenvalue weighted by Crippen LogP contribution is 2.47. The van der Waals surface area contributed by atoms with Crippen molar-refractivity contribution in [3.8, 4) is 34.5 Å². The highest BCUT2D eigenvalue weighted by Gasteiger charge is 2.25. The fourth-order valence-electron chi connectivity index (χ4n) is 7.12. The van der Waals surface area contributed by atoms with E-state index >= 15 is 0 Å². The van der Waals surface area contributed by atoms with Crippen molar-refractivity contribution in [1.29, 1.82) is 0 Å². The second kappa shape index (κ2) is 25.3. The highest BCUT2D eigenvalue weighted by molar-refractivity contribution is 7.86. The minimum Gasteiger partial charge on any atom is -0.505 e. The molecule has 0 radical (unpaired) electrons. The normalized spacial score (nSPS) is 11.6. The van der Waals surface area contributed by atoms with E-state index in [1.807, 2.05) is 0 Å². The summed E-state index contributed by atoms with van der Waals surface area (Å²) in [4.78, 5) is 20.7. The van der Waals surface area contributed by atoms with Gasteiger partial charge < -0.3 is 63.1 Å². The molecule has 28 nitrogen and oxygen atoms in total. The van der Waals surface area contributed by atoms with Crippen molar-refractivity contribution in [2.75, 3.05) is 39.9 Å². The van der Waals surface area contributed by atoms with Gasteiger partial charge in [0, 0.05) is 46.4 Å². The van der Waals surface area contributed by atoms with Crippen LogP contribution in [-0.2, 0) is 20.2 Å². The Kier molecular flexibility index (Phi) is 19.2. The van der Waals surface area contributed by atoms with Crippen molar-refractivity contribution in [1.82, 2.24) is 12.3 Å². The van der Waals surface area contributed by atoms with E-state index < -0.39 is 64.8 Å². The van der Waals surface area contributed by atoms with E-state index in [0.717, 1.165) is 12.1 Å². The molecule has 0 amide bonds. The van der Waals surface area contributed by atoms with E-state index in [1.54, 1.807) is 0 Å². The van der Waals surface area contributed by atoms with Crippen molar-refractivity contribution in [2.24, 2.45) is 40.9 Å². The molecule has 30 heteroatoms. The first-order chi connectivity index (χ1) is 37.0. The number of rotatable bonds is 16. The summed E-state index contributed by atoms with van der Waals surface area (Å²) >= 11 is 0. The molecule has 0 atom stereocenters. The van der Waals surface area contributed by atoms with Gasteiger partial charge in [-0.25, -0.2) is 9.59 Å². The number of nitrogens with zero attached hydrogens (tertiary/aromatic N) is 8. The largest absolute Gasteiger partial charge is 0.505 e. The second-order valence-electron chi connectivity index (χ2n) is 16.0. The van der Waals surface area contributed by atoms with Gasteiger partial charge in [0.1, 0.15) is 66.9 Å². The smallest absolute Gasteiger partial charge is 0.335 e. The highest BCUT2D eigenvalue weighted by atomic mass is 32.2. The van der Waals surface area contributed by atoms with Crippen molar-refractivity contribution >= 4 is 111 Å². The molecule has 0 bridgehead atoms. The SMILES string of the molecule is COc1cc(N=Nc2c(S(=O)(=O)O)cc3ccc(N)cc3c2O)c(OC)cc1N=Nc1ccc(C(=O)O)cc1.COc1cc(N=Nc2c(S(=O)(=O)O)cc3ccc(N)cc3c2O)c(OC)cc1N=Nc1ccc(C(=O)O)cc1.N.N. The molecule has 16 N–H and O–H groups in total. The fourth-order valence-corrected chi connectivity index (χ4v) is 8.44. The quantitative estimate of drug-likeness (QED) is 0.0244. The number of benzene rings is 8. The first kappa shape index (κ1) is 60.6. The number of phenolic OH excluding ortho intramolecular Hbond substituents is 2. The predicted octanol–water partition coefficient (Wildman–Crippen LogP) is 12.2. The molecule has 80 heavy (non-hydrogen) atoms. The number of carboxylic acid groups (broad SMARTS) is 2. The maximum atomic E-state index is 12.1. The Bertz CT molecular complexity index is 3770. The van der Waals surface area contributed by atoms with Crippen LogP contribution in [0.2, 0.25) is 0 Å². The molecule has 0 aromatic heterocycles. The third-order valence-corrected chi connectivity index (χ3v) is 12.7. The molecule has 8 aromatic rings. The van der Waals surface area contributed by atoms with Gasteiger partial charge in [0.25, 0.3) is 20.2 Å². The van der Waals surface area contributed by atoms with Crippen LogP contribution in [0.4, 0.5) is 56.9 Å². The lowest BCUT2D eigenvalue weighted by atomic mass is 10.1. The Morgan fingerprint density at radius 1 is 0.425 bits per heavy atom. The maximum absolute atomic E-state index is 12.1. The van der Waals surface area contributed by atoms with Crippen LogP contribution in [0.25, 0.3) is 21.5 Å². The summed E-state index contributed by atoms with van der Waals surface area (Å²) in [6.45, 7) is 0. The Labute approximate surface area is 453 Å². The van der Waals surface area contributed by atoms with Gasteiger partial charge in [-0.2, -0.15) is 27.1 Å². The zero-order chi connectivity index (χ0) is 56.6. The number of aromatic hydroxyl groups is 2. The molecular formula is C50H48N12O16S2. The molecule has 0 aliphatic carbocycles. The van der Waals surface area contributed by atoms with Crippen LogP contribution >= 0.6 is 0 Å². The lowest BCUT2D eigenvalue weighted by molar-refractivity contribution is 0.0686. The number of hydrogen-bond donors (Lipinski definition) is 10. The predicted molar refractivity (Wildman–Crippen MR) is 292 cm³/mol. The van der Waals surface area contributed by atoms with E-state index in [9.17, 15) is 45.7 Å². The molecule has 0 saturated heterocycles. The fraction of sp³-hybridized carbons (Fsp3) is 0.0800. The van der Waals surface area contributed by atoms with Crippen LogP contribution in [0.15, 0.2) is 172 Å². The van der Waals surface area contributed by atoms with Crippen molar-refractivity contribution in [2.45, 2.75) is 9.79 Å². The zero-order valence-electron chi connectivity index (χ0n) is 42.3. The van der Waals surface area contributed by atoms with Crippen LogP contribution in [-0.4, -0.2) is 86.7 Å². The summed E-state index contributed by atoms with van der Waals surface area (Å²) < 4.78 is 89.2. The number of methoxy groups -OCH3 is 4. The van der Waals surface area contributed by atoms with Gasteiger partial charge in [-0.1, -0.05) is 12.1 Å². The van der Waals surface area contributed by atoms with Crippen LogP contribution in [0, 0.1) is 0 Å². The van der Waals surface area contributed by atoms with Crippen molar-refractivity contribution < 1.29 is 74.9 Å². The number of nitrogen functional groups attached to an aromatic ring is 2. The summed E-state index contributed by atoms with van der Waals surface area (Å²) in [6.07, 6.45) is 0. The number of anilines is 2. The summed E-state index contributed by atoms with van der Waals surface area (Å²) in [5.74, 6) is -2.57. The van der Waals surface area contributed by atoms with Gasteiger partial charge in [-0.3, -0.25) is 9.11 Å². The first-order valence-electron chi connectivity index (χ1n) is 21.9. The molecule has 0 aliphatic heterocycles. The molecule has 416 valence electrons. The molecule has 0 aliphatic rings. The topological polar surface area (TPSA) is 482 Å². The number of aromatic carboxylic acids is 2. The number of nitrogens with two attached hydrogens (primary N) is 2. The van der Waals surface area contributed by atoms with Gasteiger partial charge >= 0.3 is 11.9 Å². The number of fused-ring (bicyclic) bond motifs is 2. The minimum absolute atomic E-state index is 0. The van der Waals surface area contributed by atoms with E-state index in [2.05, 4.69) is 40.9 Å². The van der Waals surface area contributed by atoms with Crippen LogP contribution < -0.4 is 42.7 Å². The molecule has 0 spiro atoms. The number of ether oxygens (including phenoxy) is 4. The van der Waals surface area contributed by atoms with Crippen LogP contribution in [0.5, 0.6) is 34.5 Å². The minimum atomic E-state index is -4.80. The summed E-state index contributed by atoms with van der Waals surface area (Å²) in [5.41, 5.74) is 12.8. The van der Waals surface area contributed by atoms with E-state index in [-0.39, 0.29) is 79.9 Å². The second-order valence-corrected chi connectivity index (χ2v) is 18.7. The van der Waals surface area contributed by atoms with E-state index in [0.29, 0.717) is 33.5 Å². The van der Waals surface area contributed by atoms with Gasteiger partial charge in [-0.15, -0.1) is 30.7 Å². The lowest BCUT2D eigenvalue weighted by Gasteiger charge is -2.11. The van der Waals surface area contributed by atoms with Crippen LogP contribution in [0.3, 0.4) is 0 Å². The molecule has 8 rings (SSSR count). The number of azo groups is 4. The number of phenols is 2. The molecule has 8 aromatic carbocycles. The monoisotopic (exact) mass is 1140 g/mol. The Morgan fingerprint density at radius 2 is 0.713 bits per heavy atom. The average Bonchev–Trinajstić information content (AvgIpc) is 3.44. The first-order valence-corrected chi connectivity index (χ1v) is 24.8. The number of carboxylic acids is 2. The molecular weight excluding hydrogens is 1090 g/mol. The number of hydrogen-bond acceptors (Lipinski definition) is 24. The Hall–Kier alpha value is -10.2. The standard InChI is InChI=1S/2C25H21N5O8S.2H3N/c2*1-37-20-12-19(21(38-2)11-18(20)28-27-16-7-4-13(5-8-16)25(32)33)29-30-23-22(39(34,35)36)9-14-3-6-15(26)10-17(14)24(23)31;;/h2*3-12,31H,26H2,1-2H3,(H,32,33)(H,34,35,36);2*1H3. The third-order valence-electron chi connectivity index (χ3n) is 11.0. The van der Waals surface area contributed by atoms with Gasteiger partial charge in [0.05, 0.1) is 50.9 Å². The van der Waals surface area contributed by atoms with Crippen LogP contribution in [0.1, 0.15) is 20.7 Å². The van der Waals surface area contributed by atoms with Gasteiger partial charge in [-0.05, 0) is 95.7 Å². The Balaban J connectivity index is 0.000000287. The molecule has 0 unspecified atom stereocenters. The Morgan fingerprint density at radius 3 is 0.975 bits per heavy atom. The lowest BCUT2D eigenvalue weighted by Crippen LogP contribution is -1.99. The third kappa shape index (κ3) is 13.8. The molecule has 0 saturated carbocycles. The van der Waals surface area contributed by atoms with Gasteiger partial charge in [0.15, 0.2) is 11.5 Å². The zero-order valence-corrected chi connectivity index (χ0v) is 43.9. The molecule has 0 fully saturated rings. The van der Waals surface area contributed by atoms with Gasteiger partial charge in [0.2, 0.25) is 0 Å². The summed E-state index contributed by atoms with van der Waals surface area (Å²) in [6, 6.07) is 28.3. The average molecular weight is 1140 g/mol. The van der Waals surface area contributed by atoms with Crippen molar-refractivity contribution in [3.05, 3.63) is 132 Å². The summed E-state index contributed by atoms with van der Waals surface area (Å²) in [5, 5.41) is 72.9. The summed E-state index contributed by atoms with van der Waals surface area (Å²) in [7, 11) is -4.14. The van der Waals surface area contributed by atoms with E-state index in [1.165, 1.54) is 138 Å². The van der Waals surface area contributed by atoms with Crippen molar-refractivity contribution in [3.63, 3.8) is 0 Å². The number of carbonyl (C=O) groups is 2. The molecule has 0 heterocycles.